The Labute approximate surface area is 183 Å². The molecule has 1 heterocycles. The number of ketones is 1. The summed E-state index contributed by atoms with van der Waals surface area (Å²) in [7, 11) is 1.53. The minimum atomic E-state index is -0.541. The molecule has 0 fully saturated rings. The zero-order chi connectivity index (χ0) is 22.8. The van der Waals surface area contributed by atoms with E-state index in [1.807, 2.05) is 0 Å². The van der Waals surface area contributed by atoms with Crippen LogP contribution < -0.4 is 10.2 Å². The number of carbonyl (C=O) groups excluding carboxylic acids is 3. The second kappa shape index (κ2) is 8.55. The van der Waals surface area contributed by atoms with Crippen molar-refractivity contribution in [2.24, 2.45) is 0 Å². The second-order valence-corrected chi connectivity index (χ2v) is 7.35. The first-order chi connectivity index (χ1) is 15.3. The molecule has 3 aromatic rings. The first-order valence-electron chi connectivity index (χ1n) is 9.80. The normalized spacial score (nSPS) is 14.5. The van der Waals surface area contributed by atoms with Crippen LogP contribution in [0.25, 0.3) is 6.08 Å². The zero-order valence-corrected chi connectivity index (χ0v) is 17.1. The monoisotopic (exact) mass is 432 g/mol. The molecule has 0 bridgehead atoms. The quantitative estimate of drug-likeness (QED) is 0.498. The molecule has 0 aromatic heterocycles. The Morgan fingerprint density at radius 1 is 0.969 bits per heavy atom. The van der Waals surface area contributed by atoms with Crippen LogP contribution in [0, 0.1) is 11.6 Å². The Hall–Kier alpha value is -4.13. The fourth-order valence-electron chi connectivity index (χ4n) is 3.46. The minimum absolute atomic E-state index is 0.116. The van der Waals surface area contributed by atoms with E-state index in [1.54, 1.807) is 18.2 Å². The Balaban J connectivity index is 1.61. The van der Waals surface area contributed by atoms with Crippen LogP contribution in [0.5, 0.6) is 0 Å². The SMILES string of the molecule is CN1C(=O)/C(=C/c2cccc(F)c2)C(=O)c2cc(C(=O)NCc3ccc(F)cc3)ccc21. The summed E-state index contributed by atoms with van der Waals surface area (Å²) in [4.78, 5) is 39.7. The van der Waals surface area contributed by atoms with Crippen LogP contribution in [0.3, 0.4) is 0 Å². The van der Waals surface area contributed by atoms with Crippen LogP contribution in [0.1, 0.15) is 31.8 Å². The van der Waals surface area contributed by atoms with Gasteiger partial charge in [-0.25, -0.2) is 8.78 Å². The summed E-state index contributed by atoms with van der Waals surface area (Å²) in [6, 6.07) is 15.8. The molecule has 0 spiro atoms. The van der Waals surface area contributed by atoms with E-state index in [0.717, 1.165) is 5.56 Å². The van der Waals surface area contributed by atoms with Gasteiger partial charge in [0.1, 0.15) is 11.6 Å². The molecule has 0 saturated carbocycles. The molecule has 4 rings (SSSR count). The molecule has 0 aliphatic carbocycles. The number of halogens is 2. The number of benzene rings is 3. The van der Waals surface area contributed by atoms with Gasteiger partial charge in [0.2, 0.25) is 5.78 Å². The van der Waals surface area contributed by atoms with Crippen molar-refractivity contribution in [3.8, 4) is 0 Å². The average molecular weight is 432 g/mol. The Morgan fingerprint density at radius 3 is 2.44 bits per heavy atom. The third-order valence-electron chi connectivity index (χ3n) is 5.17. The molecule has 160 valence electrons. The summed E-state index contributed by atoms with van der Waals surface area (Å²) in [6.45, 7) is 0.188. The van der Waals surface area contributed by atoms with Crippen molar-refractivity contribution >= 4 is 29.4 Å². The van der Waals surface area contributed by atoms with Gasteiger partial charge < -0.3 is 10.2 Å². The molecule has 0 saturated heterocycles. The zero-order valence-electron chi connectivity index (χ0n) is 17.1. The number of hydrogen-bond donors (Lipinski definition) is 1. The summed E-state index contributed by atoms with van der Waals surface area (Å²) in [5.74, 6) is -2.32. The predicted molar refractivity (Wildman–Crippen MR) is 116 cm³/mol. The van der Waals surface area contributed by atoms with E-state index < -0.39 is 23.4 Å². The van der Waals surface area contributed by atoms with Crippen LogP contribution in [0.15, 0.2) is 72.3 Å². The standard InChI is InChI=1S/C25H18F2N2O3/c1-29-22-10-7-17(24(31)28-14-15-5-8-18(26)9-6-15)13-20(22)23(30)21(25(29)32)12-16-3-2-4-19(27)11-16/h2-13H,14H2,1H3,(H,28,31)/b21-12+. The van der Waals surface area contributed by atoms with Gasteiger partial charge in [-0.2, -0.15) is 0 Å². The summed E-state index contributed by atoms with van der Waals surface area (Å²) in [5, 5.41) is 2.72. The van der Waals surface area contributed by atoms with Gasteiger partial charge in [0.05, 0.1) is 11.3 Å². The van der Waals surface area contributed by atoms with E-state index in [-0.39, 0.29) is 29.1 Å². The molecule has 2 amide bonds. The molecule has 1 N–H and O–H groups in total. The van der Waals surface area contributed by atoms with Gasteiger partial charge in [0, 0.05) is 24.7 Å². The number of rotatable bonds is 4. The van der Waals surface area contributed by atoms with Crippen molar-refractivity contribution in [1.82, 2.24) is 5.32 Å². The molecule has 7 heteroatoms. The molecule has 0 unspecified atom stereocenters. The molecule has 0 radical (unpaired) electrons. The lowest BCUT2D eigenvalue weighted by atomic mass is 9.92. The molecule has 3 aromatic carbocycles. The van der Waals surface area contributed by atoms with Crippen molar-refractivity contribution < 1.29 is 23.2 Å². The average Bonchev–Trinajstić information content (AvgIpc) is 2.79. The summed E-state index contributed by atoms with van der Waals surface area (Å²) >= 11 is 0. The van der Waals surface area contributed by atoms with Crippen LogP contribution in [-0.4, -0.2) is 24.6 Å². The van der Waals surface area contributed by atoms with Crippen LogP contribution in [0.2, 0.25) is 0 Å². The fraction of sp³-hybridized carbons (Fsp3) is 0.0800. The molecule has 1 aliphatic rings. The highest BCUT2D eigenvalue weighted by Crippen LogP contribution is 2.31. The van der Waals surface area contributed by atoms with Gasteiger partial charge in [-0.05, 0) is 59.7 Å². The minimum Gasteiger partial charge on any atom is -0.348 e. The van der Waals surface area contributed by atoms with E-state index >= 15 is 0 Å². The van der Waals surface area contributed by atoms with Crippen LogP contribution in [-0.2, 0) is 11.3 Å². The Morgan fingerprint density at radius 2 is 1.72 bits per heavy atom. The second-order valence-electron chi connectivity index (χ2n) is 7.35. The van der Waals surface area contributed by atoms with Gasteiger partial charge in [-0.3, -0.25) is 14.4 Å². The first kappa shape index (κ1) is 21.1. The first-order valence-corrected chi connectivity index (χ1v) is 9.80. The molecular weight excluding hydrogens is 414 g/mol. The number of nitrogens with zero attached hydrogens (tertiary/aromatic N) is 1. The lowest BCUT2D eigenvalue weighted by Gasteiger charge is -2.27. The number of Topliss-reactive ketones (excluding diaryl/α,β-unsaturated/α-hetero) is 1. The number of hydrogen-bond acceptors (Lipinski definition) is 3. The third-order valence-corrected chi connectivity index (χ3v) is 5.17. The molecule has 32 heavy (non-hydrogen) atoms. The Bertz CT molecular complexity index is 1270. The molecule has 0 atom stereocenters. The van der Waals surface area contributed by atoms with E-state index in [9.17, 15) is 23.2 Å². The molecule has 5 nitrogen and oxygen atoms in total. The molecule has 1 aliphatic heterocycles. The van der Waals surface area contributed by atoms with Gasteiger partial charge in [0.15, 0.2) is 0 Å². The smallest absolute Gasteiger partial charge is 0.262 e. The fourth-order valence-corrected chi connectivity index (χ4v) is 3.46. The van der Waals surface area contributed by atoms with Gasteiger partial charge in [-0.15, -0.1) is 0 Å². The van der Waals surface area contributed by atoms with Crippen molar-refractivity contribution in [3.63, 3.8) is 0 Å². The van der Waals surface area contributed by atoms with E-state index in [0.29, 0.717) is 11.3 Å². The van der Waals surface area contributed by atoms with E-state index in [2.05, 4.69) is 5.32 Å². The van der Waals surface area contributed by atoms with Crippen molar-refractivity contribution in [2.75, 3.05) is 11.9 Å². The number of likely N-dealkylation sites (N-methyl/N-ethyl adjacent to an activating group) is 1. The Kier molecular flexibility index (Phi) is 5.64. The highest BCUT2D eigenvalue weighted by Gasteiger charge is 2.33. The van der Waals surface area contributed by atoms with Crippen molar-refractivity contribution in [1.29, 1.82) is 0 Å². The largest absolute Gasteiger partial charge is 0.348 e. The maximum atomic E-state index is 13.5. The maximum absolute atomic E-state index is 13.5. The summed E-state index contributed by atoms with van der Waals surface area (Å²) < 4.78 is 26.5. The van der Waals surface area contributed by atoms with Crippen LogP contribution >= 0.6 is 0 Å². The number of amides is 2. The number of fused-ring (bicyclic) bond motifs is 1. The van der Waals surface area contributed by atoms with E-state index in [1.165, 1.54) is 66.6 Å². The lowest BCUT2D eigenvalue weighted by Crippen LogP contribution is -2.37. The van der Waals surface area contributed by atoms with Crippen molar-refractivity contribution in [3.05, 3.63) is 106 Å². The summed E-state index contributed by atoms with van der Waals surface area (Å²) in [6.07, 6.45) is 1.34. The number of anilines is 1. The topological polar surface area (TPSA) is 66.5 Å². The predicted octanol–water partition coefficient (Wildman–Crippen LogP) is 4.14. The van der Waals surface area contributed by atoms with E-state index in [4.69, 9.17) is 0 Å². The van der Waals surface area contributed by atoms with Crippen LogP contribution in [0.4, 0.5) is 14.5 Å². The van der Waals surface area contributed by atoms with Gasteiger partial charge in [-0.1, -0.05) is 24.3 Å². The highest BCUT2D eigenvalue weighted by molar-refractivity contribution is 6.36. The third kappa shape index (κ3) is 4.18. The summed E-state index contributed by atoms with van der Waals surface area (Å²) in [5.41, 5.74) is 1.81. The number of carbonyl (C=O) groups is 3. The van der Waals surface area contributed by atoms with Gasteiger partial charge in [0.25, 0.3) is 11.8 Å². The number of nitrogens with one attached hydrogen (secondary N) is 1. The van der Waals surface area contributed by atoms with Crippen molar-refractivity contribution in [2.45, 2.75) is 6.54 Å². The maximum Gasteiger partial charge on any atom is 0.262 e. The molecular formula is C25H18F2N2O3. The lowest BCUT2D eigenvalue weighted by molar-refractivity contribution is -0.114. The van der Waals surface area contributed by atoms with Gasteiger partial charge >= 0.3 is 0 Å². The highest BCUT2D eigenvalue weighted by atomic mass is 19.1.